The maximum absolute atomic E-state index is 11.8. The maximum atomic E-state index is 11.8. The van der Waals surface area contributed by atoms with Crippen molar-refractivity contribution in [2.24, 2.45) is 0 Å². The molecule has 0 fully saturated rings. The van der Waals surface area contributed by atoms with Gasteiger partial charge in [-0.15, -0.1) is 0 Å². The minimum absolute atomic E-state index is 0.266. The van der Waals surface area contributed by atoms with Crippen LogP contribution in [-0.2, 0) is 23.4 Å². The molecule has 0 unspecified atom stereocenters. The van der Waals surface area contributed by atoms with Crippen molar-refractivity contribution in [3.63, 3.8) is 0 Å². The zero-order chi connectivity index (χ0) is 10.4. The summed E-state index contributed by atoms with van der Waals surface area (Å²) in [4.78, 5) is 13.7. The molecule has 0 bridgehead atoms. The summed E-state index contributed by atoms with van der Waals surface area (Å²) in [5.41, 5.74) is 5.00. The molecule has 0 aliphatic carbocycles. The van der Waals surface area contributed by atoms with E-state index in [0.29, 0.717) is 6.42 Å². The molecule has 2 aliphatic heterocycles. The van der Waals surface area contributed by atoms with Gasteiger partial charge < -0.3 is 4.90 Å². The molecule has 3 rings (SSSR count). The zero-order valence-corrected chi connectivity index (χ0v) is 9.39. The Morgan fingerprint density at radius 1 is 1.33 bits per heavy atom. The van der Waals surface area contributed by atoms with Crippen molar-refractivity contribution in [3.05, 3.63) is 28.8 Å². The Kier molecular flexibility index (Phi) is 2.02. The predicted octanol–water partition coefficient (Wildman–Crippen LogP) is 1.95. The first-order chi connectivity index (χ1) is 7.29. The summed E-state index contributed by atoms with van der Waals surface area (Å²) in [6.07, 6.45) is 2.78. The topological polar surface area (TPSA) is 20.3 Å². The van der Waals surface area contributed by atoms with Gasteiger partial charge in [0.2, 0.25) is 5.91 Å². The lowest BCUT2D eigenvalue weighted by molar-refractivity contribution is -0.117. The molecule has 1 amide bonds. The van der Waals surface area contributed by atoms with Crippen molar-refractivity contribution in [2.45, 2.75) is 25.0 Å². The highest BCUT2D eigenvalue weighted by Crippen LogP contribution is 2.37. The molecular formula is C12H13NOS. The van der Waals surface area contributed by atoms with E-state index in [0.717, 1.165) is 25.1 Å². The van der Waals surface area contributed by atoms with Crippen LogP contribution >= 0.6 is 12.6 Å². The van der Waals surface area contributed by atoms with Crippen molar-refractivity contribution in [2.75, 3.05) is 11.4 Å². The van der Waals surface area contributed by atoms with Gasteiger partial charge in [0.1, 0.15) is 0 Å². The molecule has 0 saturated heterocycles. The van der Waals surface area contributed by atoms with E-state index < -0.39 is 0 Å². The van der Waals surface area contributed by atoms with Crippen molar-refractivity contribution < 1.29 is 4.79 Å². The van der Waals surface area contributed by atoms with Gasteiger partial charge in [-0.3, -0.25) is 4.79 Å². The first kappa shape index (κ1) is 9.28. The number of carbonyl (C=O) groups excluding carboxylic acids is 1. The third kappa shape index (κ3) is 1.29. The average Bonchev–Trinajstić information content (AvgIpc) is 2.58. The number of anilines is 1. The second kappa shape index (κ2) is 3.27. The Bertz CT molecular complexity index is 441. The third-order valence-corrected chi connectivity index (χ3v) is 3.62. The van der Waals surface area contributed by atoms with Gasteiger partial charge in [0.25, 0.3) is 0 Å². The standard InChI is InChI=1S/C12H13NOS/c14-11-6-10-5-8(7-15)4-9-2-1-3-13(11)12(9)10/h4-5,15H,1-3,6-7H2. The Labute approximate surface area is 94.7 Å². The van der Waals surface area contributed by atoms with Crippen molar-refractivity contribution in [1.82, 2.24) is 0 Å². The largest absolute Gasteiger partial charge is 0.312 e. The summed E-state index contributed by atoms with van der Waals surface area (Å²) < 4.78 is 0. The van der Waals surface area contributed by atoms with Crippen LogP contribution in [0, 0.1) is 0 Å². The summed E-state index contributed by atoms with van der Waals surface area (Å²) in [5, 5.41) is 0. The number of amides is 1. The number of nitrogens with zero attached hydrogens (tertiary/aromatic N) is 1. The summed E-state index contributed by atoms with van der Waals surface area (Å²) in [5.74, 6) is 1.02. The lowest BCUT2D eigenvalue weighted by Gasteiger charge is -2.25. The van der Waals surface area contributed by atoms with Gasteiger partial charge in [-0.05, 0) is 29.5 Å². The van der Waals surface area contributed by atoms with Crippen molar-refractivity contribution in [3.8, 4) is 0 Å². The molecule has 1 aromatic carbocycles. The molecule has 0 spiro atoms. The van der Waals surface area contributed by atoms with Crippen LogP contribution in [0.4, 0.5) is 5.69 Å². The van der Waals surface area contributed by atoms with Crippen LogP contribution < -0.4 is 4.90 Å². The molecule has 0 aromatic heterocycles. The van der Waals surface area contributed by atoms with E-state index in [1.165, 1.54) is 22.4 Å². The monoisotopic (exact) mass is 219 g/mol. The van der Waals surface area contributed by atoms with E-state index in [1.807, 2.05) is 4.90 Å². The first-order valence-corrected chi connectivity index (χ1v) is 5.99. The van der Waals surface area contributed by atoms with E-state index >= 15 is 0 Å². The Morgan fingerprint density at radius 2 is 2.13 bits per heavy atom. The minimum Gasteiger partial charge on any atom is -0.312 e. The molecule has 0 radical (unpaired) electrons. The van der Waals surface area contributed by atoms with Crippen LogP contribution in [0.25, 0.3) is 0 Å². The number of hydrogen-bond acceptors (Lipinski definition) is 2. The maximum Gasteiger partial charge on any atom is 0.231 e. The van der Waals surface area contributed by atoms with Crippen LogP contribution in [0.5, 0.6) is 0 Å². The molecular weight excluding hydrogens is 206 g/mol. The Morgan fingerprint density at radius 3 is 2.93 bits per heavy atom. The molecule has 1 aromatic rings. The Hall–Kier alpha value is -0.960. The summed E-state index contributed by atoms with van der Waals surface area (Å²) in [6.45, 7) is 0.902. The third-order valence-electron chi connectivity index (χ3n) is 3.25. The second-order valence-electron chi connectivity index (χ2n) is 4.25. The van der Waals surface area contributed by atoms with Gasteiger partial charge in [0.05, 0.1) is 12.1 Å². The fraction of sp³-hybridized carbons (Fsp3) is 0.417. The van der Waals surface area contributed by atoms with Crippen LogP contribution in [0.3, 0.4) is 0 Å². The van der Waals surface area contributed by atoms with Crippen LogP contribution in [0.15, 0.2) is 12.1 Å². The molecule has 0 N–H and O–H groups in total. The lowest BCUT2D eigenvalue weighted by atomic mass is 9.97. The number of benzene rings is 1. The fourth-order valence-electron chi connectivity index (χ4n) is 2.64. The fourth-order valence-corrected chi connectivity index (χ4v) is 2.83. The first-order valence-electron chi connectivity index (χ1n) is 5.35. The number of carbonyl (C=O) groups is 1. The molecule has 0 atom stereocenters. The zero-order valence-electron chi connectivity index (χ0n) is 8.49. The van der Waals surface area contributed by atoms with E-state index in [-0.39, 0.29) is 5.91 Å². The summed E-state index contributed by atoms with van der Waals surface area (Å²) >= 11 is 4.30. The molecule has 2 nitrogen and oxygen atoms in total. The molecule has 2 aliphatic rings. The van der Waals surface area contributed by atoms with Crippen LogP contribution in [0.1, 0.15) is 23.1 Å². The number of aryl methyl sites for hydroxylation is 1. The number of hydrogen-bond donors (Lipinski definition) is 1. The van der Waals surface area contributed by atoms with Gasteiger partial charge in [-0.25, -0.2) is 0 Å². The molecule has 3 heteroatoms. The second-order valence-corrected chi connectivity index (χ2v) is 4.56. The van der Waals surface area contributed by atoms with Gasteiger partial charge >= 0.3 is 0 Å². The summed E-state index contributed by atoms with van der Waals surface area (Å²) in [7, 11) is 0. The van der Waals surface area contributed by atoms with E-state index in [4.69, 9.17) is 0 Å². The molecule has 78 valence electrons. The van der Waals surface area contributed by atoms with E-state index in [2.05, 4.69) is 24.8 Å². The predicted molar refractivity (Wildman–Crippen MR) is 63.5 cm³/mol. The molecule has 2 heterocycles. The van der Waals surface area contributed by atoms with E-state index in [9.17, 15) is 4.79 Å². The van der Waals surface area contributed by atoms with Crippen molar-refractivity contribution >= 4 is 24.2 Å². The lowest BCUT2D eigenvalue weighted by Crippen LogP contribution is -2.31. The Balaban J connectivity index is 2.20. The quantitative estimate of drug-likeness (QED) is 0.716. The number of thiol groups is 1. The highest BCUT2D eigenvalue weighted by Gasteiger charge is 2.31. The van der Waals surface area contributed by atoms with Crippen LogP contribution in [-0.4, -0.2) is 12.5 Å². The highest BCUT2D eigenvalue weighted by molar-refractivity contribution is 7.79. The molecule has 0 saturated carbocycles. The SMILES string of the molecule is O=C1Cc2cc(CS)cc3c2N1CCC3. The smallest absolute Gasteiger partial charge is 0.231 e. The van der Waals surface area contributed by atoms with Crippen LogP contribution in [0.2, 0.25) is 0 Å². The van der Waals surface area contributed by atoms with Gasteiger partial charge in [0.15, 0.2) is 0 Å². The number of rotatable bonds is 1. The van der Waals surface area contributed by atoms with Gasteiger partial charge in [-0.1, -0.05) is 12.1 Å². The van der Waals surface area contributed by atoms with Gasteiger partial charge in [0, 0.05) is 12.3 Å². The normalized spacial score (nSPS) is 18.2. The van der Waals surface area contributed by atoms with Gasteiger partial charge in [-0.2, -0.15) is 12.6 Å². The van der Waals surface area contributed by atoms with Crippen molar-refractivity contribution in [1.29, 1.82) is 0 Å². The minimum atomic E-state index is 0.266. The average molecular weight is 219 g/mol. The van der Waals surface area contributed by atoms with E-state index in [1.54, 1.807) is 0 Å². The molecule has 15 heavy (non-hydrogen) atoms. The summed E-state index contributed by atoms with van der Waals surface area (Å²) in [6, 6.07) is 4.34. The highest BCUT2D eigenvalue weighted by atomic mass is 32.1.